The second-order valence-corrected chi connectivity index (χ2v) is 7.10. The number of aliphatic hydroxyl groups is 1. The summed E-state index contributed by atoms with van der Waals surface area (Å²) in [6, 6.07) is 9.19. The summed E-state index contributed by atoms with van der Waals surface area (Å²) >= 11 is 0. The first-order chi connectivity index (χ1) is 14.4. The smallest absolute Gasteiger partial charge is 0.344 e. The predicted octanol–water partition coefficient (Wildman–Crippen LogP) is 3.00. The lowest BCUT2D eigenvalue weighted by Gasteiger charge is -2.36. The highest BCUT2D eigenvalue weighted by molar-refractivity contribution is 5.81. The third-order valence-electron chi connectivity index (χ3n) is 5.32. The van der Waals surface area contributed by atoms with Crippen molar-refractivity contribution < 1.29 is 24.9 Å². The number of rotatable bonds is 7. The van der Waals surface area contributed by atoms with Crippen molar-refractivity contribution in [1.29, 1.82) is 0 Å². The summed E-state index contributed by atoms with van der Waals surface area (Å²) in [5, 5.41) is 25.0. The van der Waals surface area contributed by atoms with Gasteiger partial charge in [0.05, 0.1) is 6.54 Å². The molecule has 1 fully saturated rings. The number of nitrogens with zero attached hydrogens (tertiary/aromatic N) is 2. The van der Waals surface area contributed by atoms with Crippen LogP contribution in [0.1, 0.15) is 51.5 Å². The van der Waals surface area contributed by atoms with Crippen molar-refractivity contribution in [3.05, 3.63) is 46.0 Å². The van der Waals surface area contributed by atoms with E-state index in [1.807, 2.05) is 30.3 Å². The van der Waals surface area contributed by atoms with Crippen LogP contribution in [-0.4, -0.2) is 52.5 Å². The highest BCUT2D eigenvalue weighted by Crippen LogP contribution is 2.40. The fourth-order valence-electron chi connectivity index (χ4n) is 3.61. The van der Waals surface area contributed by atoms with Gasteiger partial charge >= 0.3 is 5.97 Å². The summed E-state index contributed by atoms with van der Waals surface area (Å²) in [5.74, 6) is 5.25. The molecule has 1 atom stereocenters. The van der Waals surface area contributed by atoms with Gasteiger partial charge in [-0.15, -0.1) is 10.1 Å². The number of carbonyl (C=O) groups is 1. The van der Waals surface area contributed by atoms with Crippen LogP contribution < -0.4 is 0 Å². The quantitative estimate of drug-likeness (QED) is 0.302. The molecule has 1 aromatic rings. The zero-order chi connectivity index (χ0) is 22.4. The zero-order valence-corrected chi connectivity index (χ0v) is 17.7. The van der Waals surface area contributed by atoms with Crippen LogP contribution in [-0.2, 0) is 15.1 Å². The highest BCUT2D eigenvalue weighted by atomic mass is 16.9. The van der Waals surface area contributed by atoms with Crippen LogP contribution in [0.5, 0.6) is 0 Å². The van der Waals surface area contributed by atoms with Crippen LogP contribution in [0.4, 0.5) is 0 Å². The zero-order valence-electron chi connectivity index (χ0n) is 17.7. The molecule has 0 bridgehead atoms. The number of ether oxygens (including phenoxy) is 1. The Bertz CT molecular complexity index is 701. The topological polar surface area (TPSA) is 113 Å². The number of carbonyl (C=O) groups excluding carboxylic acids is 1. The highest BCUT2D eigenvalue weighted by Gasteiger charge is 2.46. The summed E-state index contributed by atoms with van der Waals surface area (Å²) in [5.41, 5.74) is -0.963. The fraction of sp³-hybridized carbons (Fsp3) is 0.591. The molecule has 166 valence electrons. The molecule has 1 aromatic carbocycles. The van der Waals surface area contributed by atoms with Gasteiger partial charge in [-0.2, -0.15) is 0 Å². The van der Waals surface area contributed by atoms with Crippen molar-refractivity contribution in [1.82, 2.24) is 4.90 Å². The molecule has 0 aliphatic heterocycles. The average molecular weight is 421 g/mol. The molecule has 2 N–H and O–H groups in total. The van der Waals surface area contributed by atoms with Gasteiger partial charge in [0.1, 0.15) is 0 Å². The lowest BCUT2D eigenvalue weighted by molar-refractivity contribution is -0.742. The van der Waals surface area contributed by atoms with Gasteiger partial charge in [0, 0.05) is 5.92 Å². The molecule has 1 saturated carbocycles. The molecule has 1 aliphatic carbocycles. The largest absolute Gasteiger partial charge is 0.450 e. The maximum atomic E-state index is 12.8. The first kappa shape index (κ1) is 25.4. The van der Waals surface area contributed by atoms with Crippen LogP contribution in [0.15, 0.2) is 30.3 Å². The minimum atomic E-state index is -1.58. The van der Waals surface area contributed by atoms with Crippen LogP contribution in [0.25, 0.3) is 0 Å². The summed E-state index contributed by atoms with van der Waals surface area (Å²) in [6.45, 7) is 6.75. The van der Waals surface area contributed by atoms with E-state index in [4.69, 9.17) is 20.1 Å². The summed E-state index contributed by atoms with van der Waals surface area (Å²) in [6.07, 6.45) is 4.92. The van der Waals surface area contributed by atoms with Crippen molar-refractivity contribution in [2.24, 2.45) is 5.92 Å². The Balaban J connectivity index is 0.00000103. The van der Waals surface area contributed by atoms with Gasteiger partial charge in [0.15, 0.2) is 12.2 Å². The Kier molecular flexibility index (Phi) is 11.5. The number of hydrogen-bond acceptors (Lipinski definition) is 6. The first-order valence-corrected chi connectivity index (χ1v) is 10.3. The van der Waals surface area contributed by atoms with E-state index in [0.717, 1.165) is 45.2 Å². The third-order valence-corrected chi connectivity index (χ3v) is 5.32. The molecule has 0 saturated heterocycles. The number of esters is 1. The third kappa shape index (κ3) is 8.01. The van der Waals surface area contributed by atoms with E-state index in [2.05, 4.69) is 30.6 Å². The molecule has 1 unspecified atom stereocenters. The summed E-state index contributed by atoms with van der Waals surface area (Å²) in [4.78, 5) is 23.4. The lowest BCUT2D eigenvalue weighted by atomic mass is 9.73. The van der Waals surface area contributed by atoms with E-state index in [9.17, 15) is 9.90 Å². The van der Waals surface area contributed by atoms with Crippen LogP contribution in [0, 0.1) is 27.9 Å². The monoisotopic (exact) mass is 420 g/mol. The second-order valence-electron chi connectivity index (χ2n) is 7.10. The molecule has 2 rings (SSSR count). The Morgan fingerprint density at radius 1 is 1.20 bits per heavy atom. The maximum absolute atomic E-state index is 12.8. The van der Waals surface area contributed by atoms with E-state index in [1.165, 1.54) is 0 Å². The fourth-order valence-corrected chi connectivity index (χ4v) is 3.61. The predicted molar refractivity (Wildman–Crippen MR) is 112 cm³/mol. The molecule has 0 spiro atoms. The molecule has 8 heteroatoms. The van der Waals surface area contributed by atoms with Crippen molar-refractivity contribution in [3.8, 4) is 11.8 Å². The van der Waals surface area contributed by atoms with E-state index < -0.39 is 16.7 Å². The van der Waals surface area contributed by atoms with Crippen molar-refractivity contribution in [2.75, 3.05) is 26.2 Å². The lowest BCUT2D eigenvalue weighted by Crippen LogP contribution is -2.45. The average Bonchev–Trinajstić information content (AvgIpc) is 2.76. The van der Waals surface area contributed by atoms with Crippen molar-refractivity contribution >= 4 is 5.97 Å². The standard InChI is InChI=1S/C22H31NO3.HNO3/c1-3-23(4-2)17-11-12-18-26-21(24)22(25,19-13-7-5-8-14-19)20-15-9-6-10-16-20;2-1(3)4/h5,7-8,13-14,20,25H,3-4,6,9-10,15-18H2,1-2H3;(H,2,3,4). The van der Waals surface area contributed by atoms with Gasteiger partial charge in [-0.1, -0.05) is 75.3 Å². The van der Waals surface area contributed by atoms with Crippen molar-refractivity contribution in [3.63, 3.8) is 0 Å². The van der Waals surface area contributed by atoms with Crippen LogP contribution >= 0.6 is 0 Å². The summed E-state index contributed by atoms with van der Waals surface area (Å²) in [7, 11) is 0. The Morgan fingerprint density at radius 3 is 2.30 bits per heavy atom. The molecule has 0 heterocycles. The minimum Gasteiger partial charge on any atom is -0.450 e. The molecular weight excluding hydrogens is 388 g/mol. The van der Waals surface area contributed by atoms with Gasteiger partial charge in [-0.3, -0.25) is 4.90 Å². The number of hydrogen-bond donors (Lipinski definition) is 2. The molecule has 8 nitrogen and oxygen atoms in total. The number of benzene rings is 1. The van der Waals surface area contributed by atoms with Gasteiger partial charge in [0.2, 0.25) is 0 Å². The SMILES string of the molecule is CCN(CC)CC#CCOC(=O)C(O)(c1ccccc1)C1CCCCC1.O=[N+]([O-])O. The molecule has 0 amide bonds. The molecule has 30 heavy (non-hydrogen) atoms. The van der Waals surface area contributed by atoms with E-state index in [1.54, 1.807) is 0 Å². The molecule has 0 aromatic heterocycles. The minimum absolute atomic E-state index is 0.0158. The molecular formula is C22H32N2O6. The van der Waals surface area contributed by atoms with Crippen LogP contribution in [0.3, 0.4) is 0 Å². The normalized spacial score (nSPS) is 15.7. The molecule has 1 aliphatic rings. The van der Waals surface area contributed by atoms with E-state index >= 15 is 0 Å². The Hall–Kier alpha value is -2.63. The van der Waals surface area contributed by atoms with Crippen molar-refractivity contribution in [2.45, 2.75) is 51.6 Å². The maximum Gasteiger partial charge on any atom is 0.344 e. The Morgan fingerprint density at radius 2 is 1.77 bits per heavy atom. The molecule has 0 radical (unpaired) electrons. The first-order valence-electron chi connectivity index (χ1n) is 10.3. The van der Waals surface area contributed by atoms with Gasteiger partial charge in [-0.25, -0.2) is 4.79 Å². The summed E-state index contributed by atoms with van der Waals surface area (Å²) < 4.78 is 5.38. The van der Waals surface area contributed by atoms with Gasteiger partial charge in [-0.05, 0) is 31.5 Å². The van der Waals surface area contributed by atoms with E-state index in [0.29, 0.717) is 12.1 Å². The van der Waals surface area contributed by atoms with Gasteiger partial charge in [0.25, 0.3) is 5.09 Å². The Labute approximate surface area is 178 Å². The van der Waals surface area contributed by atoms with E-state index in [-0.39, 0.29) is 12.5 Å². The van der Waals surface area contributed by atoms with Crippen LogP contribution in [0.2, 0.25) is 0 Å². The van der Waals surface area contributed by atoms with Gasteiger partial charge < -0.3 is 15.1 Å². The second kappa shape index (κ2) is 13.6.